The topological polar surface area (TPSA) is 44.4 Å². The summed E-state index contributed by atoms with van der Waals surface area (Å²) >= 11 is 0. The number of piperazine rings is 1. The number of rotatable bonds is 4. The van der Waals surface area contributed by atoms with Crippen LogP contribution in [0.15, 0.2) is 42.5 Å². The molecule has 1 atom stereocenters. The third kappa shape index (κ3) is 4.21. The molecular weight excluding hydrogens is 324 g/mol. The molecule has 2 aromatic carbocycles. The van der Waals surface area contributed by atoms with E-state index in [1.807, 2.05) is 18.2 Å². The van der Waals surface area contributed by atoms with E-state index in [1.165, 1.54) is 12.1 Å². The van der Waals surface area contributed by atoms with Crippen molar-refractivity contribution < 1.29 is 13.6 Å². The van der Waals surface area contributed by atoms with Gasteiger partial charge < -0.3 is 10.6 Å². The standard InChI is InChI=1S/C19H21F2N3O/c1-22-19(25)15-4-2-3-14(9-15)18-11-23-5-6-24(18)12-13-7-16(20)10-17(21)8-13/h2-4,7-10,18,23H,5-6,11-12H2,1H3,(H,22,25). The summed E-state index contributed by atoms with van der Waals surface area (Å²) in [7, 11) is 1.60. The third-order valence-electron chi connectivity index (χ3n) is 4.42. The number of carbonyl (C=O) groups is 1. The summed E-state index contributed by atoms with van der Waals surface area (Å²) in [6.45, 7) is 2.73. The van der Waals surface area contributed by atoms with Crippen LogP contribution in [-0.2, 0) is 6.54 Å². The average molecular weight is 345 g/mol. The van der Waals surface area contributed by atoms with Gasteiger partial charge in [-0.25, -0.2) is 8.78 Å². The van der Waals surface area contributed by atoms with Gasteiger partial charge in [-0.05, 0) is 35.4 Å². The summed E-state index contributed by atoms with van der Waals surface area (Å²) in [6.07, 6.45) is 0. The molecule has 132 valence electrons. The van der Waals surface area contributed by atoms with Gasteiger partial charge in [-0.1, -0.05) is 12.1 Å². The van der Waals surface area contributed by atoms with Crippen molar-refractivity contribution in [1.29, 1.82) is 0 Å². The third-order valence-corrected chi connectivity index (χ3v) is 4.42. The number of carbonyl (C=O) groups excluding carboxylic acids is 1. The molecule has 1 heterocycles. The predicted molar refractivity (Wildman–Crippen MR) is 92.2 cm³/mol. The number of hydrogen-bond donors (Lipinski definition) is 2. The molecule has 25 heavy (non-hydrogen) atoms. The van der Waals surface area contributed by atoms with Crippen LogP contribution in [0.4, 0.5) is 8.78 Å². The van der Waals surface area contributed by atoms with Crippen LogP contribution >= 0.6 is 0 Å². The van der Waals surface area contributed by atoms with Crippen molar-refractivity contribution in [1.82, 2.24) is 15.5 Å². The van der Waals surface area contributed by atoms with Crippen molar-refractivity contribution in [2.24, 2.45) is 0 Å². The van der Waals surface area contributed by atoms with Crippen molar-refractivity contribution in [2.75, 3.05) is 26.7 Å². The Morgan fingerprint density at radius 2 is 2.00 bits per heavy atom. The Balaban J connectivity index is 1.84. The first-order valence-corrected chi connectivity index (χ1v) is 8.28. The Bertz CT molecular complexity index is 746. The van der Waals surface area contributed by atoms with Crippen molar-refractivity contribution in [3.63, 3.8) is 0 Å². The maximum Gasteiger partial charge on any atom is 0.251 e. The molecule has 2 N–H and O–H groups in total. The maximum atomic E-state index is 13.5. The van der Waals surface area contributed by atoms with Gasteiger partial charge >= 0.3 is 0 Å². The first-order valence-electron chi connectivity index (χ1n) is 8.28. The molecule has 1 unspecified atom stereocenters. The lowest BCUT2D eigenvalue weighted by Crippen LogP contribution is -2.45. The van der Waals surface area contributed by atoms with E-state index in [9.17, 15) is 13.6 Å². The molecule has 0 aliphatic carbocycles. The molecule has 4 nitrogen and oxygen atoms in total. The lowest BCUT2D eigenvalue weighted by molar-refractivity contribution is 0.0962. The number of benzene rings is 2. The number of nitrogens with zero attached hydrogens (tertiary/aromatic N) is 1. The van der Waals surface area contributed by atoms with Gasteiger partial charge in [-0.2, -0.15) is 0 Å². The van der Waals surface area contributed by atoms with Gasteiger partial charge in [0, 0.05) is 50.9 Å². The Morgan fingerprint density at radius 3 is 2.72 bits per heavy atom. The maximum absolute atomic E-state index is 13.5. The summed E-state index contributed by atoms with van der Waals surface area (Å²) in [5, 5.41) is 5.97. The predicted octanol–water partition coefficient (Wildman–Crippen LogP) is 2.47. The molecule has 6 heteroatoms. The van der Waals surface area contributed by atoms with E-state index in [0.717, 1.165) is 31.3 Å². The zero-order valence-electron chi connectivity index (χ0n) is 14.1. The molecule has 0 radical (unpaired) electrons. The van der Waals surface area contributed by atoms with E-state index < -0.39 is 11.6 Å². The molecule has 1 aliphatic heterocycles. The quantitative estimate of drug-likeness (QED) is 0.895. The fraction of sp³-hybridized carbons (Fsp3) is 0.316. The fourth-order valence-electron chi connectivity index (χ4n) is 3.23. The number of nitrogens with one attached hydrogen (secondary N) is 2. The Labute approximate surface area is 145 Å². The minimum absolute atomic E-state index is 0.0321. The molecule has 1 amide bonds. The lowest BCUT2D eigenvalue weighted by Gasteiger charge is -2.36. The smallest absolute Gasteiger partial charge is 0.251 e. The molecule has 1 aliphatic rings. The number of amides is 1. The molecular formula is C19H21F2N3O. The summed E-state index contributed by atoms with van der Waals surface area (Å²) in [4.78, 5) is 14.0. The van der Waals surface area contributed by atoms with Crippen LogP contribution in [-0.4, -0.2) is 37.5 Å². The molecule has 2 aromatic rings. The van der Waals surface area contributed by atoms with Crippen LogP contribution < -0.4 is 10.6 Å². The second-order valence-electron chi connectivity index (χ2n) is 6.17. The van der Waals surface area contributed by atoms with E-state index in [4.69, 9.17) is 0 Å². The van der Waals surface area contributed by atoms with Crippen LogP contribution in [0.1, 0.15) is 27.5 Å². The summed E-state index contributed by atoms with van der Waals surface area (Å²) in [6, 6.07) is 11.1. The van der Waals surface area contributed by atoms with Crippen molar-refractivity contribution in [2.45, 2.75) is 12.6 Å². The molecule has 0 saturated carbocycles. The Hall–Kier alpha value is -2.31. The largest absolute Gasteiger partial charge is 0.355 e. The van der Waals surface area contributed by atoms with Crippen molar-refractivity contribution in [3.05, 3.63) is 70.8 Å². The highest BCUT2D eigenvalue weighted by atomic mass is 19.1. The van der Waals surface area contributed by atoms with Gasteiger partial charge in [0.1, 0.15) is 11.6 Å². The van der Waals surface area contributed by atoms with Gasteiger partial charge in [-0.15, -0.1) is 0 Å². The highest BCUT2D eigenvalue weighted by Crippen LogP contribution is 2.25. The number of hydrogen-bond acceptors (Lipinski definition) is 3. The van der Waals surface area contributed by atoms with E-state index >= 15 is 0 Å². The Morgan fingerprint density at radius 1 is 1.24 bits per heavy atom. The monoisotopic (exact) mass is 345 g/mol. The van der Waals surface area contributed by atoms with Gasteiger partial charge in [0.25, 0.3) is 5.91 Å². The highest BCUT2D eigenvalue weighted by Gasteiger charge is 2.24. The second-order valence-corrected chi connectivity index (χ2v) is 6.17. The lowest BCUT2D eigenvalue weighted by atomic mass is 9.99. The molecule has 1 fully saturated rings. The second kappa shape index (κ2) is 7.72. The Kier molecular flexibility index (Phi) is 5.40. The highest BCUT2D eigenvalue weighted by molar-refractivity contribution is 5.94. The molecule has 0 spiro atoms. The first-order chi connectivity index (χ1) is 12.1. The SMILES string of the molecule is CNC(=O)c1cccc(C2CNCCN2Cc2cc(F)cc(F)c2)c1. The van der Waals surface area contributed by atoms with Crippen molar-refractivity contribution in [3.8, 4) is 0 Å². The van der Waals surface area contributed by atoms with Crippen LogP contribution in [0.2, 0.25) is 0 Å². The minimum atomic E-state index is -0.566. The van der Waals surface area contributed by atoms with E-state index in [2.05, 4.69) is 15.5 Å². The average Bonchev–Trinajstić information content (AvgIpc) is 2.61. The van der Waals surface area contributed by atoms with Gasteiger partial charge in [0.2, 0.25) is 0 Å². The summed E-state index contributed by atoms with van der Waals surface area (Å²) < 4.78 is 26.9. The van der Waals surface area contributed by atoms with Gasteiger partial charge in [-0.3, -0.25) is 9.69 Å². The molecule has 3 rings (SSSR count). The van der Waals surface area contributed by atoms with Crippen LogP contribution in [0.5, 0.6) is 0 Å². The van der Waals surface area contributed by atoms with Crippen LogP contribution in [0.3, 0.4) is 0 Å². The molecule has 0 bridgehead atoms. The first kappa shape index (κ1) is 17.5. The van der Waals surface area contributed by atoms with Crippen LogP contribution in [0, 0.1) is 11.6 Å². The molecule has 0 aromatic heterocycles. The van der Waals surface area contributed by atoms with Gasteiger partial charge in [0.05, 0.1) is 0 Å². The van der Waals surface area contributed by atoms with Crippen molar-refractivity contribution >= 4 is 5.91 Å². The number of halogens is 2. The van der Waals surface area contributed by atoms with E-state index in [1.54, 1.807) is 13.1 Å². The molecule has 1 saturated heterocycles. The van der Waals surface area contributed by atoms with Crippen LogP contribution in [0.25, 0.3) is 0 Å². The zero-order valence-corrected chi connectivity index (χ0v) is 14.1. The zero-order chi connectivity index (χ0) is 17.8. The van der Waals surface area contributed by atoms with E-state index in [-0.39, 0.29) is 11.9 Å². The van der Waals surface area contributed by atoms with E-state index in [0.29, 0.717) is 17.7 Å². The normalized spacial score (nSPS) is 18.1. The summed E-state index contributed by atoms with van der Waals surface area (Å²) in [5.74, 6) is -1.27. The summed E-state index contributed by atoms with van der Waals surface area (Å²) in [5.41, 5.74) is 2.21. The minimum Gasteiger partial charge on any atom is -0.355 e. The fourth-order valence-corrected chi connectivity index (χ4v) is 3.23. The van der Waals surface area contributed by atoms with Gasteiger partial charge in [0.15, 0.2) is 0 Å².